The number of thiazole rings is 1. The zero-order valence-electron chi connectivity index (χ0n) is 7.59. The number of carbonyl (C=O) groups is 1. The van der Waals surface area contributed by atoms with E-state index < -0.39 is 5.97 Å². The fourth-order valence-corrected chi connectivity index (χ4v) is 2.84. The highest BCUT2D eigenvalue weighted by Crippen LogP contribution is 2.33. The summed E-state index contributed by atoms with van der Waals surface area (Å²) in [4.78, 5) is 14.7. The zero-order chi connectivity index (χ0) is 10.2. The number of nitrogens with zero attached hydrogens (tertiary/aromatic N) is 1. The van der Waals surface area contributed by atoms with E-state index in [1.807, 2.05) is 20.8 Å². The van der Waals surface area contributed by atoms with Gasteiger partial charge in [0.25, 0.3) is 0 Å². The van der Waals surface area contributed by atoms with Crippen LogP contribution in [0.2, 0.25) is 0 Å². The van der Waals surface area contributed by atoms with Gasteiger partial charge in [0.05, 0.1) is 9.48 Å². The van der Waals surface area contributed by atoms with Crippen LogP contribution in [0.3, 0.4) is 0 Å². The van der Waals surface area contributed by atoms with Gasteiger partial charge in [-0.15, -0.1) is 0 Å². The highest BCUT2D eigenvalue weighted by Gasteiger charge is 2.23. The smallest absolute Gasteiger partial charge is 0.365 e. The standard InChI is InChI=1S/C8H10BrNO2S/c1-8(2,3)4-5(9)13-6(10-4)7(11)12/h1-3H3,(H,11,12). The SMILES string of the molecule is CC(C)(C)c1nc(C(=O)O)sc1Br. The molecule has 0 amide bonds. The summed E-state index contributed by atoms with van der Waals surface area (Å²) in [6.45, 7) is 6.00. The van der Waals surface area contributed by atoms with Gasteiger partial charge in [-0.1, -0.05) is 32.1 Å². The lowest BCUT2D eigenvalue weighted by Crippen LogP contribution is -2.12. The molecule has 0 aliphatic carbocycles. The summed E-state index contributed by atoms with van der Waals surface area (Å²) >= 11 is 4.47. The van der Waals surface area contributed by atoms with Gasteiger partial charge in [0, 0.05) is 5.41 Å². The summed E-state index contributed by atoms with van der Waals surface area (Å²) in [6, 6.07) is 0. The van der Waals surface area contributed by atoms with Crippen molar-refractivity contribution in [1.29, 1.82) is 0 Å². The van der Waals surface area contributed by atoms with Crippen molar-refractivity contribution in [2.75, 3.05) is 0 Å². The van der Waals surface area contributed by atoms with E-state index in [-0.39, 0.29) is 10.4 Å². The molecule has 0 aliphatic heterocycles. The summed E-state index contributed by atoms with van der Waals surface area (Å²) in [5.74, 6) is -0.971. The highest BCUT2D eigenvalue weighted by molar-refractivity contribution is 9.11. The van der Waals surface area contributed by atoms with Crippen molar-refractivity contribution in [3.8, 4) is 0 Å². The van der Waals surface area contributed by atoms with Crippen LogP contribution in [0.5, 0.6) is 0 Å². The Kier molecular flexibility index (Phi) is 2.77. The Morgan fingerprint density at radius 1 is 1.54 bits per heavy atom. The van der Waals surface area contributed by atoms with Crippen LogP contribution in [-0.2, 0) is 5.41 Å². The maximum atomic E-state index is 10.6. The third kappa shape index (κ3) is 2.28. The fraction of sp³-hybridized carbons (Fsp3) is 0.500. The lowest BCUT2D eigenvalue weighted by atomic mass is 9.93. The molecule has 0 saturated heterocycles. The van der Waals surface area contributed by atoms with E-state index in [1.165, 1.54) is 0 Å². The van der Waals surface area contributed by atoms with Crippen molar-refractivity contribution in [2.45, 2.75) is 26.2 Å². The molecule has 0 radical (unpaired) electrons. The first-order chi connectivity index (χ1) is 5.82. The summed E-state index contributed by atoms with van der Waals surface area (Å²) < 4.78 is 0.803. The molecule has 1 aromatic rings. The second-order valence-electron chi connectivity index (χ2n) is 3.70. The topological polar surface area (TPSA) is 50.2 Å². The first-order valence-electron chi connectivity index (χ1n) is 3.72. The monoisotopic (exact) mass is 263 g/mol. The van der Waals surface area contributed by atoms with Crippen LogP contribution in [0.25, 0.3) is 0 Å². The first kappa shape index (κ1) is 10.7. The molecule has 0 atom stereocenters. The summed E-state index contributed by atoms with van der Waals surface area (Å²) in [6.07, 6.45) is 0. The Labute approximate surface area is 88.9 Å². The van der Waals surface area contributed by atoms with Crippen molar-refractivity contribution in [3.05, 3.63) is 14.5 Å². The zero-order valence-corrected chi connectivity index (χ0v) is 9.99. The molecule has 0 saturated carbocycles. The van der Waals surface area contributed by atoms with Crippen LogP contribution >= 0.6 is 27.3 Å². The molecule has 0 aromatic carbocycles. The molecule has 3 nitrogen and oxygen atoms in total. The van der Waals surface area contributed by atoms with Crippen LogP contribution in [-0.4, -0.2) is 16.1 Å². The molecular formula is C8H10BrNO2S. The Morgan fingerprint density at radius 3 is 2.31 bits per heavy atom. The normalized spacial score (nSPS) is 11.7. The van der Waals surface area contributed by atoms with Crippen LogP contribution in [0.4, 0.5) is 0 Å². The van der Waals surface area contributed by atoms with E-state index in [9.17, 15) is 4.79 Å². The number of halogens is 1. The minimum atomic E-state index is -0.971. The molecule has 0 bridgehead atoms. The summed E-state index contributed by atoms with van der Waals surface area (Å²) in [5, 5.41) is 8.85. The summed E-state index contributed by atoms with van der Waals surface area (Å²) in [5.41, 5.74) is 0.679. The molecule has 72 valence electrons. The lowest BCUT2D eigenvalue weighted by Gasteiger charge is -2.15. The molecule has 1 N–H and O–H groups in total. The van der Waals surface area contributed by atoms with Crippen molar-refractivity contribution in [1.82, 2.24) is 4.98 Å². The van der Waals surface area contributed by atoms with E-state index in [1.54, 1.807) is 0 Å². The predicted octanol–water partition coefficient (Wildman–Crippen LogP) is 2.90. The van der Waals surface area contributed by atoms with Crippen LogP contribution in [0.15, 0.2) is 3.79 Å². The average molecular weight is 264 g/mol. The van der Waals surface area contributed by atoms with Gasteiger partial charge in [0.1, 0.15) is 0 Å². The van der Waals surface area contributed by atoms with Crippen molar-refractivity contribution >= 4 is 33.2 Å². The molecule has 0 aliphatic rings. The van der Waals surface area contributed by atoms with Gasteiger partial charge < -0.3 is 5.11 Å². The van der Waals surface area contributed by atoms with Crippen molar-refractivity contribution < 1.29 is 9.90 Å². The minimum absolute atomic E-state index is 0.122. The van der Waals surface area contributed by atoms with Gasteiger partial charge in [-0.05, 0) is 15.9 Å². The molecule has 5 heteroatoms. The molecule has 0 unspecified atom stereocenters. The van der Waals surface area contributed by atoms with Crippen molar-refractivity contribution in [3.63, 3.8) is 0 Å². The molecule has 0 spiro atoms. The Bertz CT molecular complexity index is 340. The van der Waals surface area contributed by atoms with E-state index in [4.69, 9.17) is 5.11 Å². The predicted molar refractivity (Wildman–Crippen MR) is 55.5 cm³/mol. The Balaban J connectivity index is 3.18. The van der Waals surface area contributed by atoms with Crippen LogP contribution in [0.1, 0.15) is 36.3 Å². The third-order valence-electron chi connectivity index (χ3n) is 1.48. The Morgan fingerprint density at radius 2 is 2.08 bits per heavy atom. The van der Waals surface area contributed by atoms with Gasteiger partial charge >= 0.3 is 5.97 Å². The van der Waals surface area contributed by atoms with Crippen molar-refractivity contribution in [2.24, 2.45) is 0 Å². The number of carboxylic acid groups (broad SMARTS) is 1. The second-order valence-corrected chi connectivity index (χ2v) is 6.01. The largest absolute Gasteiger partial charge is 0.476 e. The quantitative estimate of drug-likeness (QED) is 0.848. The van der Waals surface area contributed by atoms with Crippen LogP contribution < -0.4 is 0 Å². The van der Waals surface area contributed by atoms with Crippen LogP contribution in [0, 0.1) is 0 Å². The van der Waals surface area contributed by atoms with E-state index >= 15 is 0 Å². The number of aromatic carboxylic acids is 1. The molecular weight excluding hydrogens is 254 g/mol. The first-order valence-corrected chi connectivity index (χ1v) is 5.33. The molecule has 13 heavy (non-hydrogen) atoms. The number of hydrogen-bond acceptors (Lipinski definition) is 3. The number of aromatic nitrogens is 1. The van der Waals surface area contributed by atoms with Gasteiger partial charge in [-0.25, -0.2) is 9.78 Å². The maximum Gasteiger partial charge on any atom is 0.365 e. The molecule has 1 rings (SSSR count). The van der Waals surface area contributed by atoms with E-state index in [0.29, 0.717) is 0 Å². The number of hydrogen-bond donors (Lipinski definition) is 1. The van der Waals surface area contributed by atoms with Gasteiger partial charge in [-0.3, -0.25) is 0 Å². The third-order valence-corrected chi connectivity index (χ3v) is 3.17. The van der Waals surface area contributed by atoms with E-state index in [0.717, 1.165) is 20.8 Å². The maximum absolute atomic E-state index is 10.6. The van der Waals surface area contributed by atoms with E-state index in [2.05, 4.69) is 20.9 Å². The summed E-state index contributed by atoms with van der Waals surface area (Å²) in [7, 11) is 0. The average Bonchev–Trinajstić information content (AvgIpc) is 2.29. The minimum Gasteiger partial charge on any atom is -0.476 e. The second kappa shape index (κ2) is 3.38. The lowest BCUT2D eigenvalue weighted by molar-refractivity contribution is 0.0696. The Hall–Kier alpha value is -0.420. The fourth-order valence-electron chi connectivity index (χ4n) is 0.856. The van der Waals surface area contributed by atoms with Gasteiger partial charge in [0.15, 0.2) is 0 Å². The molecule has 1 heterocycles. The van der Waals surface area contributed by atoms with Gasteiger partial charge in [0.2, 0.25) is 5.01 Å². The van der Waals surface area contributed by atoms with Gasteiger partial charge in [-0.2, -0.15) is 0 Å². The molecule has 1 aromatic heterocycles. The number of rotatable bonds is 1. The highest BCUT2D eigenvalue weighted by atomic mass is 79.9. The molecule has 0 fully saturated rings. The number of carboxylic acids is 1.